The SMILES string of the molecule is CC(C)=CCC/C(C)=C/C=N/NC(=O)C1CCC(=O)N1. The Balaban J connectivity index is 2.28. The van der Waals surface area contributed by atoms with Crippen LogP contribution in [-0.2, 0) is 9.59 Å². The number of amides is 2. The molecule has 0 aromatic rings. The third-order valence-electron chi connectivity index (χ3n) is 3.01. The van der Waals surface area contributed by atoms with Crippen molar-refractivity contribution in [1.82, 2.24) is 10.7 Å². The molecule has 0 radical (unpaired) electrons. The number of hydrogen-bond donors (Lipinski definition) is 2. The van der Waals surface area contributed by atoms with Crippen molar-refractivity contribution in [3.8, 4) is 0 Å². The second-order valence-electron chi connectivity index (χ2n) is 5.25. The number of carbonyl (C=O) groups excluding carboxylic acids is 2. The number of nitrogens with zero attached hydrogens (tertiary/aromatic N) is 1. The van der Waals surface area contributed by atoms with Gasteiger partial charge in [0.05, 0.1) is 0 Å². The van der Waals surface area contributed by atoms with Crippen molar-refractivity contribution in [1.29, 1.82) is 0 Å². The molecule has 1 atom stereocenters. The molecule has 0 spiro atoms. The lowest BCUT2D eigenvalue weighted by molar-refractivity contribution is -0.125. The second-order valence-corrected chi connectivity index (χ2v) is 5.25. The largest absolute Gasteiger partial charge is 0.344 e. The van der Waals surface area contributed by atoms with Gasteiger partial charge in [0.25, 0.3) is 5.91 Å². The Morgan fingerprint density at radius 3 is 2.80 bits per heavy atom. The van der Waals surface area contributed by atoms with Gasteiger partial charge in [-0.3, -0.25) is 9.59 Å². The van der Waals surface area contributed by atoms with Gasteiger partial charge < -0.3 is 5.32 Å². The van der Waals surface area contributed by atoms with E-state index in [-0.39, 0.29) is 11.8 Å². The standard InChI is InChI=1S/C15H23N3O2/c1-11(2)5-4-6-12(3)9-10-16-18-15(20)13-7-8-14(19)17-13/h5,9-10,13H,4,6-8H2,1-3H3,(H,17,19)(H,18,20)/b12-9+,16-10+. The fourth-order valence-corrected chi connectivity index (χ4v) is 1.83. The first kappa shape index (κ1) is 16.1. The molecule has 0 saturated carbocycles. The van der Waals surface area contributed by atoms with Gasteiger partial charge in [0.15, 0.2) is 0 Å². The van der Waals surface area contributed by atoms with Crippen LogP contribution in [0, 0.1) is 0 Å². The lowest BCUT2D eigenvalue weighted by atomic mass is 10.1. The van der Waals surface area contributed by atoms with E-state index < -0.39 is 6.04 Å². The molecular formula is C15H23N3O2. The minimum Gasteiger partial charge on any atom is -0.344 e. The first-order valence-electron chi connectivity index (χ1n) is 6.90. The highest BCUT2D eigenvalue weighted by Gasteiger charge is 2.26. The van der Waals surface area contributed by atoms with E-state index in [9.17, 15) is 9.59 Å². The molecule has 1 fully saturated rings. The fraction of sp³-hybridized carbons (Fsp3) is 0.533. The van der Waals surface area contributed by atoms with Crippen LogP contribution in [-0.4, -0.2) is 24.1 Å². The van der Waals surface area contributed by atoms with Gasteiger partial charge in [-0.05, 0) is 46.1 Å². The molecule has 1 saturated heterocycles. The van der Waals surface area contributed by atoms with Crippen LogP contribution >= 0.6 is 0 Å². The van der Waals surface area contributed by atoms with E-state index in [1.807, 2.05) is 13.0 Å². The van der Waals surface area contributed by atoms with Crippen LogP contribution in [0.15, 0.2) is 28.4 Å². The summed E-state index contributed by atoms with van der Waals surface area (Å²) in [6.07, 6.45) is 8.59. The Hall–Kier alpha value is -1.91. The topological polar surface area (TPSA) is 70.6 Å². The number of hydrogen-bond acceptors (Lipinski definition) is 3. The average Bonchev–Trinajstić information content (AvgIpc) is 2.80. The predicted octanol–water partition coefficient (Wildman–Crippen LogP) is 2.06. The highest BCUT2D eigenvalue weighted by atomic mass is 16.2. The molecule has 0 aliphatic carbocycles. The van der Waals surface area contributed by atoms with Crippen molar-refractivity contribution in [3.05, 3.63) is 23.3 Å². The number of rotatable bonds is 6. The fourth-order valence-electron chi connectivity index (χ4n) is 1.83. The van der Waals surface area contributed by atoms with Crippen molar-refractivity contribution >= 4 is 18.0 Å². The minimum atomic E-state index is -0.442. The van der Waals surface area contributed by atoms with Crippen molar-refractivity contribution in [2.45, 2.75) is 52.5 Å². The van der Waals surface area contributed by atoms with Crippen LogP contribution in [0.5, 0.6) is 0 Å². The van der Waals surface area contributed by atoms with E-state index in [2.05, 4.69) is 35.8 Å². The van der Waals surface area contributed by atoms with Gasteiger partial charge in [0, 0.05) is 12.6 Å². The first-order valence-corrected chi connectivity index (χ1v) is 6.90. The maximum Gasteiger partial charge on any atom is 0.262 e. The van der Waals surface area contributed by atoms with Gasteiger partial charge in [-0.2, -0.15) is 5.10 Å². The zero-order valence-electron chi connectivity index (χ0n) is 12.4. The number of nitrogens with one attached hydrogen (secondary N) is 2. The summed E-state index contributed by atoms with van der Waals surface area (Å²) < 4.78 is 0. The smallest absolute Gasteiger partial charge is 0.262 e. The van der Waals surface area contributed by atoms with E-state index >= 15 is 0 Å². The molecule has 1 unspecified atom stereocenters. The second kappa shape index (κ2) is 8.30. The summed E-state index contributed by atoms with van der Waals surface area (Å²) in [5.41, 5.74) is 4.95. The van der Waals surface area contributed by atoms with Crippen molar-refractivity contribution in [2.75, 3.05) is 0 Å². The molecule has 0 aromatic carbocycles. The Morgan fingerprint density at radius 1 is 1.45 bits per heavy atom. The average molecular weight is 277 g/mol. The van der Waals surface area contributed by atoms with Crippen molar-refractivity contribution < 1.29 is 9.59 Å². The molecule has 2 N–H and O–H groups in total. The summed E-state index contributed by atoms with van der Waals surface area (Å²) in [5, 5.41) is 6.45. The normalized spacial score (nSPS) is 19.1. The van der Waals surface area contributed by atoms with Gasteiger partial charge in [0.1, 0.15) is 6.04 Å². The summed E-state index contributed by atoms with van der Waals surface area (Å²) in [6, 6.07) is -0.442. The van der Waals surface area contributed by atoms with Crippen molar-refractivity contribution in [3.63, 3.8) is 0 Å². The van der Waals surface area contributed by atoms with Gasteiger partial charge in [0.2, 0.25) is 5.91 Å². The molecule has 0 aromatic heterocycles. The monoisotopic (exact) mass is 277 g/mol. The molecule has 1 aliphatic heterocycles. The van der Waals surface area contributed by atoms with E-state index in [0.717, 1.165) is 12.8 Å². The van der Waals surface area contributed by atoms with E-state index in [4.69, 9.17) is 0 Å². The van der Waals surface area contributed by atoms with Crippen LogP contribution in [0.4, 0.5) is 0 Å². The maximum atomic E-state index is 11.6. The van der Waals surface area contributed by atoms with Gasteiger partial charge in [-0.1, -0.05) is 17.2 Å². The summed E-state index contributed by atoms with van der Waals surface area (Å²) in [4.78, 5) is 22.6. The molecule has 0 bridgehead atoms. The van der Waals surface area contributed by atoms with Crippen molar-refractivity contribution in [2.24, 2.45) is 5.10 Å². The van der Waals surface area contributed by atoms with Crippen LogP contribution < -0.4 is 10.7 Å². The molecule has 2 amide bonds. The van der Waals surface area contributed by atoms with E-state index in [0.29, 0.717) is 12.8 Å². The van der Waals surface area contributed by atoms with Crippen LogP contribution in [0.25, 0.3) is 0 Å². The zero-order valence-corrected chi connectivity index (χ0v) is 12.4. The molecule has 1 heterocycles. The maximum absolute atomic E-state index is 11.6. The Bertz CT molecular complexity index is 446. The lowest BCUT2D eigenvalue weighted by Gasteiger charge is -2.06. The van der Waals surface area contributed by atoms with Gasteiger partial charge in [-0.25, -0.2) is 5.43 Å². The molecular weight excluding hydrogens is 254 g/mol. The quantitative estimate of drug-likeness (QED) is 0.443. The summed E-state index contributed by atoms with van der Waals surface area (Å²) in [6.45, 7) is 6.19. The molecule has 20 heavy (non-hydrogen) atoms. The Morgan fingerprint density at radius 2 is 2.20 bits per heavy atom. The first-order chi connectivity index (χ1) is 9.49. The van der Waals surface area contributed by atoms with Crippen LogP contribution in [0.3, 0.4) is 0 Å². The predicted molar refractivity (Wildman–Crippen MR) is 80.2 cm³/mol. The summed E-state index contributed by atoms with van der Waals surface area (Å²) in [5.74, 6) is -0.341. The highest BCUT2D eigenvalue weighted by Crippen LogP contribution is 2.06. The Labute approximate surface area is 120 Å². The van der Waals surface area contributed by atoms with E-state index in [1.54, 1.807) is 6.21 Å². The van der Waals surface area contributed by atoms with Crippen LogP contribution in [0.1, 0.15) is 46.5 Å². The van der Waals surface area contributed by atoms with Gasteiger partial charge in [-0.15, -0.1) is 0 Å². The number of hydrazone groups is 1. The third kappa shape index (κ3) is 6.31. The lowest BCUT2D eigenvalue weighted by Crippen LogP contribution is -2.39. The molecule has 5 nitrogen and oxygen atoms in total. The zero-order chi connectivity index (χ0) is 15.0. The molecule has 1 rings (SSSR count). The van der Waals surface area contributed by atoms with E-state index in [1.165, 1.54) is 11.1 Å². The molecule has 110 valence electrons. The minimum absolute atomic E-state index is 0.0795. The summed E-state index contributed by atoms with van der Waals surface area (Å²) in [7, 11) is 0. The number of carbonyl (C=O) groups is 2. The summed E-state index contributed by atoms with van der Waals surface area (Å²) >= 11 is 0. The highest BCUT2D eigenvalue weighted by molar-refractivity contribution is 5.91. The van der Waals surface area contributed by atoms with Gasteiger partial charge >= 0.3 is 0 Å². The Kier molecular flexibility index (Phi) is 6.70. The van der Waals surface area contributed by atoms with Crippen LogP contribution in [0.2, 0.25) is 0 Å². The molecule has 5 heteroatoms. The third-order valence-corrected chi connectivity index (χ3v) is 3.01. The number of allylic oxidation sites excluding steroid dienone is 4. The molecule has 1 aliphatic rings.